The summed E-state index contributed by atoms with van der Waals surface area (Å²) >= 11 is 0. The first-order valence-corrected chi connectivity index (χ1v) is 9.97. The van der Waals surface area contributed by atoms with E-state index in [0.717, 1.165) is 57.0 Å². The Balaban J connectivity index is 1.36. The highest BCUT2D eigenvalue weighted by Crippen LogP contribution is 2.15. The van der Waals surface area contributed by atoms with Gasteiger partial charge in [-0.3, -0.25) is 9.58 Å². The Kier molecular flexibility index (Phi) is 7.25. The molecule has 1 aliphatic heterocycles. The molecule has 1 atom stereocenters. The van der Waals surface area contributed by atoms with Crippen LogP contribution in [-0.2, 0) is 13.1 Å². The van der Waals surface area contributed by atoms with Crippen molar-refractivity contribution in [1.29, 1.82) is 0 Å². The third-order valence-corrected chi connectivity index (χ3v) is 5.05. The topological polar surface area (TPSA) is 75.5 Å². The molecule has 2 amide bonds. The van der Waals surface area contributed by atoms with Crippen molar-refractivity contribution in [2.75, 3.05) is 32.7 Å². The number of amides is 2. The second-order valence-electron chi connectivity index (χ2n) is 7.13. The first kappa shape index (κ1) is 20.1. The maximum atomic E-state index is 12.4. The van der Waals surface area contributed by atoms with Crippen LogP contribution in [-0.4, -0.2) is 69.4 Å². The number of hydrogen-bond donors (Lipinski definition) is 1. The van der Waals surface area contributed by atoms with E-state index < -0.39 is 0 Å². The van der Waals surface area contributed by atoms with Crippen LogP contribution in [0, 0.1) is 0 Å². The smallest absolute Gasteiger partial charge is 0.317 e. The fourth-order valence-electron chi connectivity index (χ4n) is 3.06. The molecule has 1 aliphatic rings. The van der Waals surface area contributed by atoms with E-state index in [0.29, 0.717) is 6.54 Å². The van der Waals surface area contributed by atoms with Crippen LogP contribution in [0.15, 0.2) is 36.9 Å². The summed E-state index contributed by atoms with van der Waals surface area (Å²) in [4.78, 5) is 20.6. The summed E-state index contributed by atoms with van der Waals surface area (Å²) in [6, 6.07) is 7.92. The molecule has 0 radical (unpaired) electrons. The van der Waals surface area contributed by atoms with Crippen LogP contribution in [0.2, 0.25) is 0 Å². The summed E-state index contributed by atoms with van der Waals surface area (Å²) in [5.74, 6) is 0.867. The number of urea groups is 1. The zero-order chi connectivity index (χ0) is 19.8. The predicted octanol–water partition coefficient (Wildman–Crippen LogP) is 1.98. The van der Waals surface area contributed by atoms with E-state index in [1.165, 1.54) is 0 Å². The molecule has 1 aromatic carbocycles. The Morgan fingerprint density at radius 2 is 1.93 bits per heavy atom. The standard InChI is InChI=1S/C20H30N6O2/c1-3-17(2)28-19-6-4-18(5-7-19)14-22-20(27)25-11-8-24(9-12-25)10-13-26-16-21-15-23-26/h4-7,15-17H,3,8-14H2,1-2H3,(H,22,27). The molecular weight excluding hydrogens is 356 g/mol. The molecule has 0 bridgehead atoms. The Labute approximate surface area is 166 Å². The fourth-order valence-corrected chi connectivity index (χ4v) is 3.06. The van der Waals surface area contributed by atoms with E-state index in [2.05, 4.69) is 34.1 Å². The molecule has 0 saturated carbocycles. The van der Waals surface area contributed by atoms with Crippen molar-refractivity contribution in [3.8, 4) is 5.75 Å². The maximum absolute atomic E-state index is 12.4. The fraction of sp³-hybridized carbons (Fsp3) is 0.550. The van der Waals surface area contributed by atoms with Gasteiger partial charge in [0.2, 0.25) is 0 Å². The van der Waals surface area contributed by atoms with Gasteiger partial charge in [0.1, 0.15) is 18.4 Å². The number of benzene rings is 1. The van der Waals surface area contributed by atoms with E-state index in [1.54, 1.807) is 12.7 Å². The maximum Gasteiger partial charge on any atom is 0.317 e. The van der Waals surface area contributed by atoms with Gasteiger partial charge in [0, 0.05) is 39.3 Å². The number of aromatic nitrogens is 3. The molecule has 0 spiro atoms. The van der Waals surface area contributed by atoms with Crippen LogP contribution in [0.5, 0.6) is 5.75 Å². The van der Waals surface area contributed by atoms with Gasteiger partial charge in [-0.1, -0.05) is 19.1 Å². The Hall–Kier alpha value is -2.61. The van der Waals surface area contributed by atoms with Crippen LogP contribution >= 0.6 is 0 Å². The van der Waals surface area contributed by atoms with Crippen molar-refractivity contribution in [3.63, 3.8) is 0 Å². The molecule has 2 aromatic rings. The van der Waals surface area contributed by atoms with E-state index in [1.807, 2.05) is 33.8 Å². The number of ether oxygens (including phenoxy) is 1. The van der Waals surface area contributed by atoms with E-state index in [-0.39, 0.29) is 12.1 Å². The zero-order valence-corrected chi connectivity index (χ0v) is 16.8. The van der Waals surface area contributed by atoms with E-state index >= 15 is 0 Å². The Bertz CT molecular complexity index is 711. The largest absolute Gasteiger partial charge is 0.491 e. The number of hydrogen-bond acceptors (Lipinski definition) is 5. The van der Waals surface area contributed by atoms with Gasteiger partial charge < -0.3 is 15.0 Å². The Morgan fingerprint density at radius 3 is 2.57 bits per heavy atom. The van der Waals surface area contributed by atoms with Crippen LogP contribution in [0.3, 0.4) is 0 Å². The van der Waals surface area contributed by atoms with Crippen molar-refractivity contribution in [3.05, 3.63) is 42.5 Å². The van der Waals surface area contributed by atoms with Crippen LogP contribution < -0.4 is 10.1 Å². The second kappa shape index (κ2) is 10.1. The van der Waals surface area contributed by atoms with Gasteiger partial charge in [-0.15, -0.1) is 0 Å². The molecule has 8 nitrogen and oxygen atoms in total. The minimum atomic E-state index is -0.00384. The molecule has 3 rings (SSSR count). The summed E-state index contributed by atoms with van der Waals surface area (Å²) in [5.41, 5.74) is 1.07. The zero-order valence-electron chi connectivity index (χ0n) is 16.8. The predicted molar refractivity (Wildman–Crippen MR) is 107 cm³/mol. The lowest BCUT2D eigenvalue weighted by atomic mass is 10.2. The molecule has 0 aliphatic carbocycles. The molecule has 152 valence electrons. The van der Waals surface area contributed by atoms with E-state index in [9.17, 15) is 4.79 Å². The highest BCUT2D eigenvalue weighted by Gasteiger charge is 2.20. The first-order chi connectivity index (χ1) is 13.6. The monoisotopic (exact) mass is 386 g/mol. The van der Waals surface area contributed by atoms with Crippen molar-refractivity contribution in [1.82, 2.24) is 29.9 Å². The normalized spacial score (nSPS) is 16.0. The van der Waals surface area contributed by atoms with Gasteiger partial charge in [-0.05, 0) is 31.0 Å². The molecule has 28 heavy (non-hydrogen) atoms. The average molecular weight is 387 g/mol. The number of rotatable bonds is 8. The molecule has 2 heterocycles. The van der Waals surface area contributed by atoms with Gasteiger partial charge in [0.05, 0.1) is 12.6 Å². The lowest BCUT2D eigenvalue weighted by molar-refractivity contribution is 0.135. The first-order valence-electron chi connectivity index (χ1n) is 9.97. The molecule has 1 saturated heterocycles. The third kappa shape index (κ3) is 5.95. The second-order valence-corrected chi connectivity index (χ2v) is 7.13. The number of nitrogens with zero attached hydrogens (tertiary/aromatic N) is 5. The van der Waals surface area contributed by atoms with Gasteiger partial charge in [0.25, 0.3) is 0 Å². The van der Waals surface area contributed by atoms with Crippen molar-refractivity contribution in [2.24, 2.45) is 0 Å². The molecule has 1 aromatic heterocycles. The highest BCUT2D eigenvalue weighted by atomic mass is 16.5. The van der Waals surface area contributed by atoms with Crippen LogP contribution in [0.1, 0.15) is 25.8 Å². The number of carbonyl (C=O) groups excluding carboxylic acids is 1. The Morgan fingerprint density at radius 1 is 1.18 bits per heavy atom. The van der Waals surface area contributed by atoms with Gasteiger partial charge >= 0.3 is 6.03 Å². The number of nitrogens with one attached hydrogen (secondary N) is 1. The summed E-state index contributed by atoms with van der Waals surface area (Å²) in [6.07, 6.45) is 4.47. The van der Waals surface area contributed by atoms with Crippen LogP contribution in [0.4, 0.5) is 4.79 Å². The van der Waals surface area contributed by atoms with Crippen LogP contribution in [0.25, 0.3) is 0 Å². The quantitative estimate of drug-likeness (QED) is 0.751. The van der Waals surface area contributed by atoms with Crippen molar-refractivity contribution in [2.45, 2.75) is 39.5 Å². The minimum Gasteiger partial charge on any atom is -0.491 e. The third-order valence-electron chi connectivity index (χ3n) is 5.05. The molecule has 1 fully saturated rings. The summed E-state index contributed by atoms with van der Waals surface area (Å²) in [6.45, 7) is 9.67. The van der Waals surface area contributed by atoms with Crippen molar-refractivity contribution < 1.29 is 9.53 Å². The van der Waals surface area contributed by atoms with Crippen molar-refractivity contribution >= 4 is 6.03 Å². The highest BCUT2D eigenvalue weighted by molar-refractivity contribution is 5.74. The molecular formula is C20H30N6O2. The van der Waals surface area contributed by atoms with Gasteiger partial charge in [-0.25, -0.2) is 9.78 Å². The van der Waals surface area contributed by atoms with Gasteiger partial charge in [0.15, 0.2) is 0 Å². The molecule has 8 heteroatoms. The molecule has 1 unspecified atom stereocenters. The number of piperazine rings is 1. The molecule has 1 N–H and O–H groups in total. The SMILES string of the molecule is CCC(C)Oc1ccc(CNC(=O)N2CCN(CCn3cncn3)CC2)cc1. The minimum absolute atomic E-state index is 0.00384. The average Bonchev–Trinajstić information content (AvgIpc) is 3.25. The van der Waals surface area contributed by atoms with Gasteiger partial charge in [-0.2, -0.15) is 5.10 Å². The summed E-state index contributed by atoms with van der Waals surface area (Å²) in [7, 11) is 0. The summed E-state index contributed by atoms with van der Waals surface area (Å²) in [5, 5.41) is 7.13. The lowest BCUT2D eigenvalue weighted by Crippen LogP contribution is -2.52. The summed E-state index contributed by atoms with van der Waals surface area (Å²) < 4.78 is 7.62. The lowest BCUT2D eigenvalue weighted by Gasteiger charge is -2.34. The van der Waals surface area contributed by atoms with E-state index in [4.69, 9.17) is 4.74 Å². The number of carbonyl (C=O) groups is 1.